The van der Waals surface area contributed by atoms with Crippen molar-refractivity contribution < 1.29 is 0 Å². The highest BCUT2D eigenvalue weighted by Crippen LogP contribution is 2.60. The van der Waals surface area contributed by atoms with Crippen LogP contribution in [0.1, 0.15) is 52.8 Å². The molecule has 6 aromatic carbocycles. The van der Waals surface area contributed by atoms with Gasteiger partial charge in [0.15, 0.2) is 0 Å². The first-order valence-corrected chi connectivity index (χ1v) is 14.9. The predicted octanol–water partition coefficient (Wildman–Crippen LogP) is 9.66. The number of benzene rings is 6. The summed E-state index contributed by atoms with van der Waals surface area (Å²) < 4.78 is 2.49. The van der Waals surface area contributed by atoms with Gasteiger partial charge in [0, 0.05) is 16.2 Å². The third-order valence-electron chi connectivity index (χ3n) is 10.1. The van der Waals surface area contributed by atoms with E-state index in [0.29, 0.717) is 5.56 Å². The molecule has 2 heterocycles. The van der Waals surface area contributed by atoms with Crippen LogP contribution >= 0.6 is 0 Å². The van der Waals surface area contributed by atoms with E-state index in [4.69, 9.17) is 0 Å². The lowest BCUT2D eigenvalue weighted by atomic mass is 9.53. The van der Waals surface area contributed by atoms with Crippen molar-refractivity contribution in [1.82, 2.24) is 4.57 Å². The van der Waals surface area contributed by atoms with Gasteiger partial charge >= 0.3 is 0 Å². The summed E-state index contributed by atoms with van der Waals surface area (Å²) in [6.07, 6.45) is 0. The van der Waals surface area contributed by atoms with Crippen LogP contribution in [-0.4, -0.2) is 4.57 Å². The molecule has 2 heteroatoms. The number of rotatable bonds is 1. The molecule has 2 nitrogen and oxygen atoms in total. The summed E-state index contributed by atoms with van der Waals surface area (Å²) in [6, 6.07) is 51.1. The maximum Gasteiger partial charge on any atom is 0.0991 e. The standard InChI is InChI=1S/C41H28N2/c1-40(2)31-12-4-5-13-33(31)41(36-24-28(22-23-32(36)40)27-20-18-26(25-42)19-21-27)34-14-6-8-17-38(34)43-37-16-7-3-10-29(37)30-11-9-15-35(41)39(30)43/h3-24H,1-2H3. The van der Waals surface area contributed by atoms with E-state index in [-0.39, 0.29) is 5.41 Å². The normalized spacial score (nSPS) is 17.3. The maximum absolute atomic E-state index is 9.42. The highest BCUT2D eigenvalue weighted by Gasteiger charge is 2.52. The molecule has 1 aliphatic carbocycles. The lowest BCUT2D eigenvalue weighted by Gasteiger charge is -2.50. The molecule has 0 saturated carbocycles. The largest absolute Gasteiger partial charge is 0.309 e. The zero-order valence-corrected chi connectivity index (χ0v) is 24.1. The summed E-state index contributed by atoms with van der Waals surface area (Å²) in [5, 5.41) is 12.0. The van der Waals surface area contributed by atoms with E-state index < -0.39 is 5.41 Å². The van der Waals surface area contributed by atoms with Crippen LogP contribution in [0.4, 0.5) is 0 Å². The summed E-state index contributed by atoms with van der Waals surface area (Å²) in [4.78, 5) is 0. The molecule has 0 bridgehead atoms. The fourth-order valence-electron chi connectivity index (χ4n) is 8.24. The number of para-hydroxylation sites is 3. The van der Waals surface area contributed by atoms with E-state index in [1.165, 1.54) is 60.9 Å². The maximum atomic E-state index is 9.42. The Hall–Kier alpha value is -5.39. The second kappa shape index (κ2) is 8.34. The smallest absolute Gasteiger partial charge is 0.0991 e. The number of hydrogen-bond donors (Lipinski definition) is 0. The molecule has 1 aliphatic heterocycles. The van der Waals surface area contributed by atoms with Crippen molar-refractivity contribution in [2.75, 3.05) is 0 Å². The Labute approximate surface area is 251 Å². The average Bonchev–Trinajstić information content (AvgIpc) is 3.40. The summed E-state index contributed by atoms with van der Waals surface area (Å²) in [5.74, 6) is 0. The molecule has 0 N–H and O–H groups in total. The van der Waals surface area contributed by atoms with Crippen molar-refractivity contribution in [2.24, 2.45) is 0 Å². The summed E-state index contributed by atoms with van der Waals surface area (Å²) in [5.41, 5.74) is 14.0. The van der Waals surface area contributed by atoms with Crippen LogP contribution in [-0.2, 0) is 10.8 Å². The van der Waals surface area contributed by atoms with Gasteiger partial charge in [0.25, 0.3) is 0 Å². The lowest BCUT2D eigenvalue weighted by Crippen LogP contribution is -2.44. The molecule has 0 saturated heterocycles. The molecule has 2 aliphatic rings. The molecule has 1 unspecified atom stereocenters. The van der Waals surface area contributed by atoms with Gasteiger partial charge in [-0.15, -0.1) is 0 Å². The fraction of sp³-hybridized carbons (Fsp3) is 0.0976. The van der Waals surface area contributed by atoms with Crippen LogP contribution in [0.3, 0.4) is 0 Å². The van der Waals surface area contributed by atoms with E-state index in [1.54, 1.807) is 0 Å². The fourth-order valence-corrected chi connectivity index (χ4v) is 8.24. The van der Waals surface area contributed by atoms with Gasteiger partial charge in [-0.05, 0) is 74.8 Å². The second-order valence-electron chi connectivity index (χ2n) is 12.4. The quantitative estimate of drug-likeness (QED) is 0.201. The molecule has 0 radical (unpaired) electrons. The third-order valence-corrected chi connectivity index (χ3v) is 10.1. The van der Waals surface area contributed by atoms with E-state index in [2.05, 4.69) is 146 Å². The summed E-state index contributed by atoms with van der Waals surface area (Å²) in [7, 11) is 0. The van der Waals surface area contributed by atoms with Crippen molar-refractivity contribution in [3.8, 4) is 22.9 Å². The molecule has 43 heavy (non-hydrogen) atoms. The molecular formula is C41H28N2. The highest BCUT2D eigenvalue weighted by atomic mass is 15.0. The number of aromatic nitrogens is 1. The SMILES string of the molecule is CC1(C)c2ccccc2C2(c3ccccc3-n3c4ccccc4c4cccc2c43)c2cc(-c3ccc(C#N)cc3)ccc21. The molecule has 7 aromatic rings. The van der Waals surface area contributed by atoms with Crippen LogP contribution in [0.25, 0.3) is 38.6 Å². The monoisotopic (exact) mass is 548 g/mol. The molecule has 202 valence electrons. The molecule has 9 rings (SSSR count). The first kappa shape index (κ1) is 24.2. The molecule has 0 fully saturated rings. The van der Waals surface area contributed by atoms with Crippen molar-refractivity contribution in [2.45, 2.75) is 24.7 Å². The summed E-state index contributed by atoms with van der Waals surface area (Å²) >= 11 is 0. The zero-order chi connectivity index (χ0) is 28.9. The van der Waals surface area contributed by atoms with Crippen LogP contribution < -0.4 is 0 Å². The average molecular weight is 549 g/mol. The van der Waals surface area contributed by atoms with Crippen molar-refractivity contribution in [3.63, 3.8) is 0 Å². The number of nitriles is 1. The van der Waals surface area contributed by atoms with Gasteiger partial charge in [-0.1, -0.05) is 117 Å². The Morgan fingerprint density at radius 1 is 0.535 bits per heavy atom. The molecule has 1 atom stereocenters. The molecule has 1 spiro atoms. The van der Waals surface area contributed by atoms with Crippen molar-refractivity contribution >= 4 is 21.8 Å². The van der Waals surface area contributed by atoms with Gasteiger partial charge in [-0.25, -0.2) is 0 Å². The number of nitrogens with zero attached hydrogens (tertiary/aromatic N) is 2. The minimum Gasteiger partial charge on any atom is -0.309 e. The van der Waals surface area contributed by atoms with Gasteiger partial charge in [0.1, 0.15) is 0 Å². The van der Waals surface area contributed by atoms with E-state index >= 15 is 0 Å². The number of hydrogen-bond acceptors (Lipinski definition) is 1. The molecule has 1 aromatic heterocycles. The van der Waals surface area contributed by atoms with Crippen LogP contribution in [0.2, 0.25) is 0 Å². The minimum atomic E-state index is -0.509. The minimum absolute atomic E-state index is 0.187. The van der Waals surface area contributed by atoms with Gasteiger partial charge in [0.2, 0.25) is 0 Å². The van der Waals surface area contributed by atoms with Crippen LogP contribution in [0, 0.1) is 11.3 Å². The van der Waals surface area contributed by atoms with E-state index in [0.717, 1.165) is 11.1 Å². The predicted molar refractivity (Wildman–Crippen MR) is 175 cm³/mol. The van der Waals surface area contributed by atoms with E-state index in [1.807, 2.05) is 12.1 Å². The number of fused-ring (bicyclic) bond motifs is 11. The zero-order valence-electron chi connectivity index (χ0n) is 24.1. The Kier molecular flexibility index (Phi) is 4.70. The first-order valence-electron chi connectivity index (χ1n) is 14.9. The van der Waals surface area contributed by atoms with Crippen molar-refractivity contribution in [3.05, 3.63) is 172 Å². The van der Waals surface area contributed by atoms with Crippen LogP contribution in [0.15, 0.2) is 133 Å². The Morgan fingerprint density at radius 2 is 1.16 bits per heavy atom. The van der Waals surface area contributed by atoms with Gasteiger partial charge < -0.3 is 4.57 Å². The molecular weight excluding hydrogens is 520 g/mol. The van der Waals surface area contributed by atoms with Gasteiger partial charge in [-0.2, -0.15) is 5.26 Å². The Morgan fingerprint density at radius 3 is 1.98 bits per heavy atom. The van der Waals surface area contributed by atoms with Gasteiger partial charge in [-0.3, -0.25) is 0 Å². The lowest BCUT2D eigenvalue weighted by molar-refractivity contribution is 0.556. The second-order valence-corrected chi connectivity index (χ2v) is 12.4. The van der Waals surface area contributed by atoms with Gasteiger partial charge in [0.05, 0.1) is 33.8 Å². The first-order chi connectivity index (χ1) is 21.0. The highest BCUT2D eigenvalue weighted by molar-refractivity contribution is 6.12. The van der Waals surface area contributed by atoms with Crippen molar-refractivity contribution in [1.29, 1.82) is 5.26 Å². The Balaban J connectivity index is 1.50. The topological polar surface area (TPSA) is 28.7 Å². The van der Waals surface area contributed by atoms with Crippen LogP contribution in [0.5, 0.6) is 0 Å². The Bertz CT molecular complexity index is 2330. The van der Waals surface area contributed by atoms with E-state index in [9.17, 15) is 5.26 Å². The third kappa shape index (κ3) is 2.92. The summed E-state index contributed by atoms with van der Waals surface area (Å²) in [6.45, 7) is 4.73. The molecule has 0 amide bonds.